The number of nitrogens with zero attached hydrogens (tertiary/aromatic N) is 4. The number of aliphatic carboxylic acids is 2. The van der Waals surface area contributed by atoms with Gasteiger partial charge < -0.3 is 30.9 Å². The Hall–Kier alpha value is -3.83. The van der Waals surface area contributed by atoms with Gasteiger partial charge >= 0.3 is 11.9 Å². The molecule has 3 heterocycles. The predicted octanol–water partition coefficient (Wildman–Crippen LogP) is 6.47. The molecular formula is C37H56N6O5. The van der Waals surface area contributed by atoms with Gasteiger partial charge in [0.05, 0.1) is 12.1 Å². The lowest BCUT2D eigenvalue weighted by Crippen LogP contribution is -2.35. The molecule has 3 aromatic rings. The van der Waals surface area contributed by atoms with Crippen LogP contribution in [0.25, 0.3) is 10.9 Å². The zero-order valence-corrected chi connectivity index (χ0v) is 29.3. The van der Waals surface area contributed by atoms with Gasteiger partial charge in [0.1, 0.15) is 18.0 Å². The molecule has 0 unspecified atom stereocenters. The Bertz CT molecular complexity index is 1440. The van der Waals surface area contributed by atoms with Gasteiger partial charge in [0, 0.05) is 43.6 Å². The van der Waals surface area contributed by atoms with Gasteiger partial charge in [-0.05, 0) is 99.0 Å². The number of aromatic nitrogens is 3. The Morgan fingerprint density at radius 3 is 2.38 bits per heavy atom. The topological polar surface area (TPSA) is 164 Å². The maximum atomic E-state index is 11.0. The number of rotatable bonds is 19. The SMILES string of the molecule is CC(C)(CCOCCN(CCCCc1ccc2c(n1)NCCC2)CCCC(=O)O)C(C)(C)CCC(=O)O.Nc1ncnc2ccccc12. The lowest BCUT2D eigenvalue weighted by molar-refractivity contribution is -0.138. The van der Waals surface area contributed by atoms with E-state index >= 15 is 0 Å². The van der Waals surface area contributed by atoms with E-state index in [0.29, 0.717) is 31.9 Å². The van der Waals surface area contributed by atoms with Crippen LogP contribution in [-0.2, 0) is 27.2 Å². The summed E-state index contributed by atoms with van der Waals surface area (Å²) < 4.78 is 5.99. The number of carboxylic acid groups (broad SMARTS) is 2. The average Bonchev–Trinajstić information content (AvgIpc) is 3.05. The first kappa shape index (κ1) is 38.6. The highest BCUT2D eigenvalue weighted by atomic mass is 16.5. The molecular weight excluding hydrogens is 608 g/mol. The Balaban J connectivity index is 0.000000472. The number of aryl methyl sites for hydroxylation is 2. The number of hydrogen-bond donors (Lipinski definition) is 4. The third-order valence-electron chi connectivity index (χ3n) is 9.77. The van der Waals surface area contributed by atoms with Crippen molar-refractivity contribution in [3.05, 3.63) is 54.0 Å². The summed E-state index contributed by atoms with van der Waals surface area (Å²) in [4.78, 5) is 37.0. The molecule has 1 aliphatic heterocycles. The summed E-state index contributed by atoms with van der Waals surface area (Å²) in [6.45, 7) is 13.3. The minimum atomic E-state index is -0.754. The van der Waals surface area contributed by atoms with E-state index in [-0.39, 0.29) is 23.7 Å². The Kier molecular flexibility index (Phi) is 15.5. The van der Waals surface area contributed by atoms with Crippen LogP contribution in [0.15, 0.2) is 42.7 Å². The number of fused-ring (bicyclic) bond motifs is 2. The minimum absolute atomic E-state index is 0.0378. The number of unbranched alkanes of at least 4 members (excludes halogenated alkanes) is 1. The van der Waals surface area contributed by atoms with Crippen molar-refractivity contribution in [3.8, 4) is 0 Å². The molecule has 0 saturated carbocycles. The van der Waals surface area contributed by atoms with E-state index in [4.69, 9.17) is 25.7 Å². The quantitative estimate of drug-likeness (QED) is 0.104. The first-order chi connectivity index (χ1) is 22.9. The molecule has 11 nitrogen and oxygen atoms in total. The van der Waals surface area contributed by atoms with Gasteiger partial charge in [-0.15, -0.1) is 0 Å². The van der Waals surface area contributed by atoms with Crippen LogP contribution in [0.4, 0.5) is 11.6 Å². The normalized spacial score (nSPS) is 13.0. The van der Waals surface area contributed by atoms with Gasteiger partial charge in [0.2, 0.25) is 0 Å². The van der Waals surface area contributed by atoms with E-state index in [1.54, 1.807) is 0 Å². The molecule has 0 saturated heterocycles. The number of carboxylic acids is 2. The van der Waals surface area contributed by atoms with Crippen LogP contribution >= 0.6 is 0 Å². The maximum Gasteiger partial charge on any atom is 0.303 e. The number of carbonyl (C=O) groups is 2. The summed E-state index contributed by atoms with van der Waals surface area (Å²) in [5.41, 5.74) is 8.80. The van der Waals surface area contributed by atoms with Crippen molar-refractivity contribution in [2.24, 2.45) is 10.8 Å². The van der Waals surface area contributed by atoms with Crippen LogP contribution in [0.3, 0.4) is 0 Å². The second kappa shape index (κ2) is 19.2. The highest BCUT2D eigenvalue weighted by Crippen LogP contribution is 2.44. The Morgan fingerprint density at radius 2 is 1.62 bits per heavy atom. The number of nitrogens with two attached hydrogens (primary N) is 1. The zero-order chi connectivity index (χ0) is 35.0. The number of pyridine rings is 1. The molecule has 264 valence electrons. The highest BCUT2D eigenvalue weighted by Gasteiger charge is 2.36. The molecule has 0 bridgehead atoms. The van der Waals surface area contributed by atoms with E-state index in [1.165, 1.54) is 11.9 Å². The first-order valence-electron chi connectivity index (χ1n) is 17.3. The van der Waals surface area contributed by atoms with Crippen molar-refractivity contribution >= 4 is 34.5 Å². The van der Waals surface area contributed by atoms with Crippen LogP contribution in [0, 0.1) is 10.8 Å². The Morgan fingerprint density at radius 1 is 0.896 bits per heavy atom. The van der Waals surface area contributed by atoms with Crippen LogP contribution in [0.5, 0.6) is 0 Å². The van der Waals surface area contributed by atoms with Crippen molar-refractivity contribution in [2.45, 2.75) is 91.9 Å². The summed E-state index contributed by atoms with van der Waals surface area (Å²) >= 11 is 0. The molecule has 11 heteroatoms. The fourth-order valence-electron chi connectivity index (χ4n) is 5.68. The summed E-state index contributed by atoms with van der Waals surface area (Å²) in [6, 6.07) is 12.0. The van der Waals surface area contributed by atoms with E-state index in [9.17, 15) is 9.59 Å². The van der Waals surface area contributed by atoms with Gasteiger partial charge in [-0.25, -0.2) is 15.0 Å². The van der Waals surface area contributed by atoms with Crippen molar-refractivity contribution in [2.75, 3.05) is 50.4 Å². The average molecular weight is 665 g/mol. The summed E-state index contributed by atoms with van der Waals surface area (Å²) in [5.74, 6) is 0.0790. The van der Waals surface area contributed by atoms with Gasteiger partial charge in [-0.2, -0.15) is 0 Å². The third-order valence-corrected chi connectivity index (χ3v) is 9.77. The largest absolute Gasteiger partial charge is 0.481 e. The van der Waals surface area contributed by atoms with Crippen LogP contribution in [0.1, 0.15) is 90.3 Å². The van der Waals surface area contributed by atoms with Gasteiger partial charge in [-0.3, -0.25) is 9.59 Å². The van der Waals surface area contributed by atoms with Crippen LogP contribution in [-0.4, -0.2) is 81.4 Å². The summed E-state index contributed by atoms with van der Waals surface area (Å²) in [5, 5.41) is 22.4. The molecule has 0 amide bonds. The highest BCUT2D eigenvalue weighted by molar-refractivity contribution is 5.87. The smallest absolute Gasteiger partial charge is 0.303 e. The van der Waals surface area contributed by atoms with Gasteiger partial charge in [0.15, 0.2) is 0 Å². The molecule has 0 radical (unpaired) electrons. The molecule has 0 aliphatic carbocycles. The lowest BCUT2D eigenvalue weighted by atomic mass is 9.64. The number of hydrogen-bond acceptors (Lipinski definition) is 9. The van der Waals surface area contributed by atoms with E-state index in [0.717, 1.165) is 87.1 Å². The van der Waals surface area contributed by atoms with Crippen molar-refractivity contribution in [1.29, 1.82) is 0 Å². The molecule has 48 heavy (non-hydrogen) atoms. The standard InChI is InChI=1S/C29H49N3O5.C8H7N3/c1-28(2,15-14-26(35)36)29(3,4)16-21-37-22-20-32(19-8-11-25(33)34)18-6-5-10-24-13-12-23-9-7-17-30-27(23)31-24;9-8-6-3-1-2-4-7(6)10-5-11-8/h12-13H,5-11,14-22H2,1-4H3,(H,30,31)(H,33,34)(H,35,36);1-5H,(H2,9,10,11). The van der Waals surface area contributed by atoms with E-state index in [1.807, 2.05) is 24.3 Å². The summed E-state index contributed by atoms with van der Waals surface area (Å²) in [7, 11) is 0. The molecule has 0 spiro atoms. The number of nitrogen functional groups attached to an aromatic ring is 1. The molecule has 0 atom stereocenters. The van der Waals surface area contributed by atoms with Gasteiger partial charge in [-0.1, -0.05) is 45.9 Å². The summed E-state index contributed by atoms with van der Waals surface area (Å²) in [6.07, 6.45) is 9.26. The fraction of sp³-hybridized carbons (Fsp3) is 0.595. The number of para-hydroxylation sites is 1. The van der Waals surface area contributed by atoms with E-state index < -0.39 is 11.9 Å². The molecule has 2 aromatic heterocycles. The first-order valence-corrected chi connectivity index (χ1v) is 17.3. The lowest BCUT2D eigenvalue weighted by Gasteiger charge is -2.42. The maximum absolute atomic E-state index is 11.0. The third kappa shape index (κ3) is 13.0. The minimum Gasteiger partial charge on any atom is -0.481 e. The second-order valence-corrected chi connectivity index (χ2v) is 13.9. The number of benzene rings is 1. The van der Waals surface area contributed by atoms with E-state index in [2.05, 4.69) is 60.0 Å². The molecule has 4 rings (SSSR count). The number of nitrogens with one attached hydrogen (secondary N) is 1. The molecule has 5 N–H and O–H groups in total. The zero-order valence-electron chi connectivity index (χ0n) is 29.3. The van der Waals surface area contributed by atoms with Gasteiger partial charge in [0.25, 0.3) is 0 Å². The van der Waals surface area contributed by atoms with Crippen molar-refractivity contribution < 1.29 is 24.5 Å². The van der Waals surface area contributed by atoms with Crippen molar-refractivity contribution in [1.82, 2.24) is 19.9 Å². The van der Waals surface area contributed by atoms with Crippen LogP contribution < -0.4 is 11.1 Å². The fourth-order valence-corrected chi connectivity index (χ4v) is 5.68. The van der Waals surface area contributed by atoms with Crippen molar-refractivity contribution in [3.63, 3.8) is 0 Å². The Labute approximate surface area is 285 Å². The van der Waals surface area contributed by atoms with Crippen LogP contribution in [0.2, 0.25) is 0 Å². The number of anilines is 2. The second-order valence-electron chi connectivity index (χ2n) is 13.9. The number of ether oxygens (including phenoxy) is 1. The predicted molar refractivity (Wildman–Crippen MR) is 191 cm³/mol. The molecule has 1 aromatic carbocycles. The molecule has 0 fully saturated rings. The molecule has 1 aliphatic rings. The monoisotopic (exact) mass is 664 g/mol.